The average molecular weight is 306 g/mol. The smallest absolute Gasteiger partial charge is 0.196 e. The normalized spacial score (nSPS) is 12.8. The van der Waals surface area contributed by atoms with Gasteiger partial charge in [0, 0.05) is 5.56 Å². The Balaban J connectivity index is 2.16. The van der Waals surface area contributed by atoms with Gasteiger partial charge >= 0.3 is 0 Å². The molecule has 0 aliphatic heterocycles. The van der Waals surface area contributed by atoms with E-state index in [1.807, 2.05) is 35.9 Å². The van der Waals surface area contributed by atoms with Crippen LogP contribution in [-0.4, -0.2) is 19.9 Å². The topological polar surface area (TPSA) is 59.6 Å². The molecular weight excluding hydrogens is 292 g/mol. The van der Waals surface area contributed by atoms with Gasteiger partial charge in [0.05, 0.1) is 16.6 Å². The van der Waals surface area contributed by atoms with Crippen molar-refractivity contribution in [3.8, 4) is 10.7 Å². The molecule has 0 spiro atoms. The molecule has 3 heterocycles. The molecule has 0 bridgehead atoms. The van der Waals surface area contributed by atoms with Gasteiger partial charge in [-0.1, -0.05) is 11.2 Å². The highest BCUT2D eigenvalue weighted by Gasteiger charge is 2.22. The monoisotopic (exact) mass is 306 g/mol. The molecule has 3 aromatic rings. The number of thiophene rings is 1. The Morgan fingerprint density at radius 2 is 2.25 bits per heavy atom. The molecule has 0 amide bonds. The zero-order valence-corrected chi connectivity index (χ0v) is 13.0. The van der Waals surface area contributed by atoms with Gasteiger partial charge in [-0.3, -0.25) is 9.67 Å². The number of hydrogen-bond acceptors (Lipinski definition) is 5. The third-order valence-electron chi connectivity index (χ3n) is 3.34. The van der Waals surface area contributed by atoms with Gasteiger partial charge in [-0.2, -0.15) is 5.10 Å². The van der Waals surface area contributed by atoms with E-state index in [2.05, 4.69) is 22.3 Å². The predicted molar refractivity (Wildman–Crippen MR) is 80.5 cm³/mol. The number of nitrogens with one attached hydrogen (secondary N) is 1. The van der Waals surface area contributed by atoms with Crippen molar-refractivity contribution in [1.82, 2.24) is 19.9 Å². The Labute approximate surface area is 125 Å². The Kier molecular flexibility index (Phi) is 3.31. The van der Waals surface area contributed by atoms with Crippen LogP contribution in [0, 0.1) is 18.6 Å². The second-order valence-corrected chi connectivity index (χ2v) is 5.95. The fraction of sp³-hybridized carbons (Fsp3) is 0.308. The highest BCUT2D eigenvalue weighted by molar-refractivity contribution is 7.71. The summed E-state index contributed by atoms with van der Waals surface area (Å²) in [5.41, 5.74) is 1.94. The van der Waals surface area contributed by atoms with Crippen LogP contribution in [-0.2, 0) is 0 Å². The quantitative estimate of drug-likeness (QED) is 0.746. The molecule has 1 N–H and O–H groups in total. The molecule has 0 aliphatic rings. The fourth-order valence-electron chi connectivity index (χ4n) is 2.46. The first-order valence-electron chi connectivity index (χ1n) is 6.23. The summed E-state index contributed by atoms with van der Waals surface area (Å²) in [5, 5.41) is 13.3. The minimum Gasteiger partial charge on any atom is -0.361 e. The van der Waals surface area contributed by atoms with Crippen LogP contribution in [0.25, 0.3) is 10.7 Å². The van der Waals surface area contributed by atoms with Gasteiger partial charge in [-0.05, 0) is 44.4 Å². The molecule has 20 heavy (non-hydrogen) atoms. The second kappa shape index (κ2) is 4.99. The van der Waals surface area contributed by atoms with E-state index in [1.165, 1.54) is 0 Å². The fourth-order valence-corrected chi connectivity index (χ4v) is 3.46. The lowest BCUT2D eigenvalue weighted by Gasteiger charge is -2.14. The molecular formula is C13H14N4OS2. The van der Waals surface area contributed by atoms with E-state index in [0.29, 0.717) is 4.77 Å². The summed E-state index contributed by atoms with van der Waals surface area (Å²) in [6, 6.07) is 4.05. The Bertz CT molecular complexity index is 762. The van der Waals surface area contributed by atoms with Gasteiger partial charge in [0.15, 0.2) is 10.6 Å². The summed E-state index contributed by atoms with van der Waals surface area (Å²) >= 11 is 7.02. The maximum absolute atomic E-state index is 5.38. The molecule has 5 nitrogen and oxygen atoms in total. The predicted octanol–water partition coefficient (Wildman–Crippen LogP) is 3.88. The van der Waals surface area contributed by atoms with E-state index in [1.54, 1.807) is 11.3 Å². The third-order valence-corrected chi connectivity index (χ3v) is 4.49. The number of hydrogen-bond donors (Lipinski definition) is 1. The molecule has 0 aliphatic carbocycles. The van der Waals surface area contributed by atoms with E-state index in [0.717, 1.165) is 27.7 Å². The van der Waals surface area contributed by atoms with Gasteiger partial charge < -0.3 is 4.52 Å². The zero-order valence-electron chi connectivity index (χ0n) is 11.4. The van der Waals surface area contributed by atoms with Gasteiger partial charge in [0.2, 0.25) is 0 Å². The Morgan fingerprint density at radius 3 is 2.85 bits per heavy atom. The standard InChI is InChI=1S/C13H14N4OS2/c1-7-11(9(3)18-16-7)8(2)17-12(14-15-13(17)19)10-5-4-6-20-10/h4-6,8H,1-3H3,(H,15,19). The van der Waals surface area contributed by atoms with Gasteiger partial charge in [-0.25, -0.2) is 0 Å². The van der Waals surface area contributed by atoms with Crippen molar-refractivity contribution in [3.05, 3.63) is 39.3 Å². The van der Waals surface area contributed by atoms with E-state index < -0.39 is 0 Å². The SMILES string of the molecule is Cc1noc(C)c1C(C)n1c(-c2cccs2)n[nH]c1=S. The minimum absolute atomic E-state index is 0.0181. The van der Waals surface area contributed by atoms with Crippen molar-refractivity contribution in [3.63, 3.8) is 0 Å². The van der Waals surface area contributed by atoms with E-state index in [-0.39, 0.29) is 6.04 Å². The van der Waals surface area contributed by atoms with Crippen LogP contribution in [0.4, 0.5) is 0 Å². The molecule has 1 atom stereocenters. The zero-order chi connectivity index (χ0) is 14.3. The molecule has 0 fully saturated rings. The molecule has 7 heteroatoms. The van der Waals surface area contributed by atoms with Crippen molar-refractivity contribution >= 4 is 23.6 Å². The minimum atomic E-state index is 0.0181. The van der Waals surface area contributed by atoms with Crippen LogP contribution >= 0.6 is 23.6 Å². The molecule has 3 aromatic heterocycles. The lowest BCUT2D eigenvalue weighted by atomic mass is 10.1. The van der Waals surface area contributed by atoms with Crippen molar-refractivity contribution in [1.29, 1.82) is 0 Å². The van der Waals surface area contributed by atoms with E-state index in [9.17, 15) is 0 Å². The third kappa shape index (κ3) is 2.03. The first kappa shape index (κ1) is 13.3. The maximum atomic E-state index is 5.38. The van der Waals surface area contributed by atoms with Crippen LogP contribution in [0.2, 0.25) is 0 Å². The number of nitrogens with zero attached hydrogens (tertiary/aromatic N) is 3. The van der Waals surface area contributed by atoms with E-state index >= 15 is 0 Å². The molecule has 0 aromatic carbocycles. The lowest BCUT2D eigenvalue weighted by Crippen LogP contribution is -2.10. The van der Waals surface area contributed by atoms with Gasteiger partial charge in [0.1, 0.15) is 5.76 Å². The van der Waals surface area contributed by atoms with E-state index in [4.69, 9.17) is 16.7 Å². The summed E-state index contributed by atoms with van der Waals surface area (Å²) in [6.45, 7) is 5.94. The summed E-state index contributed by atoms with van der Waals surface area (Å²) < 4.78 is 7.87. The largest absolute Gasteiger partial charge is 0.361 e. The molecule has 3 rings (SSSR count). The molecule has 0 radical (unpaired) electrons. The van der Waals surface area contributed by atoms with Crippen LogP contribution in [0.5, 0.6) is 0 Å². The highest BCUT2D eigenvalue weighted by atomic mass is 32.1. The lowest BCUT2D eigenvalue weighted by molar-refractivity contribution is 0.391. The van der Waals surface area contributed by atoms with Crippen LogP contribution in [0.15, 0.2) is 22.0 Å². The number of aromatic amines is 1. The Hall–Kier alpha value is -1.73. The molecule has 0 saturated heterocycles. The summed E-state index contributed by atoms with van der Waals surface area (Å²) in [6.07, 6.45) is 0. The first-order chi connectivity index (χ1) is 9.59. The molecule has 0 saturated carbocycles. The van der Waals surface area contributed by atoms with Crippen molar-refractivity contribution in [2.75, 3.05) is 0 Å². The van der Waals surface area contributed by atoms with Crippen LogP contribution < -0.4 is 0 Å². The first-order valence-corrected chi connectivity index (χ1v) is 7.52. The number of aromatic nitrogens is 4. The van der Waals surface area contributed by atoms with Crippen LogP contribution in [0.1, 0.15) is 30.0 Å². The summed E-state index contributed by atoms with van der Waals surface area (Å²) in [4.78, 5) is 1.08. The summed E-state index contributed by atoms with van der Waals surface area (Å²) in [7, 11) is 0. The second-order valence-electron chi connectivity index (χ2n) is 4.61. The number of H-pyrrole nitrogens is 1. The van der Waals surface area contributed by atoms with Crippen molar-refractivity contribution < 1.29 is 4.52 Å². The van der Waals surface area contributed by atoms with Gasteiger partial charge in [0.25, 0.3) is 0 Å². The van der Waals surface area contributed by atoms with Gasteiger partial charge in [-0.15, -0.1) is 11.3 Å². The highest BCUT2D eigenvalue weighted by Crippen LogP contribution is 2.30. The molecule has 1 unspecified atom stereocenters. The maximum Gasteiger partial charge on any atom is 0.196 e. The Morgan fingerprint density at radius 1 is 1.45 bits per heavy atom. The average Bonchev–Trinajstić information content (AvgIpc) is 3.10. The molecule has 104 valence electrons. The number of rotatable bonds is 3. The van der Waals surface area contributed by atoms with Crippen molar-refractivity contribution in [2.45, 2.75) is 26.8 Å². The summed E-state index contributed by atoms with van der Waals surface area (Å²) in [5.74, 6) is 1.66. The number of aryl methyl sites for hydroxylation is 2. The van der Waals surface area contributed by atoms with Crippen LogP contribution in [0.3, 0.4) is 0 Å². The van der Waals surface area contributed by atoms with Crippen molar-refractivity contribution in [2.24, 2.45) is 0 Å².